The molecule has 100 valence electrons. The van der Waals surface area contributed by atoms with Crippen LogP contribution in [-0.4, -0.2) is 26.7 Å². The normalized spacial score (nSPS) is 14.5. The average Bonchev–Trinajstić information content (AvgIpc) is 2.91. The molecule has 0 unspecified atom stereocenters. The lowest BCUT2D eigenvalue weighted by Gasteiger charge is -2.06. The summed E-state index contributed by atoms with van der Waals surface area (Å²) >= 11 is 6.83. The largest absolute Gasteiger partial charge is 0.353 e. The maximum Gasteiger partial charge on any atom is 0.222 e. The van der Waals surface area contributed by atoms with E-state index >= 15 is 0 Å². The molecule has 2 N–H and O–H groups in total. The number of hydrogen-bond donors (Lipinski definition) is 2. The minimum Gasteiger partial charge on any atom is -0.353 e. The fourth-order valence-electron chi connectivity index (χ4n) is 1.86. The predicted octanol–water partition coefficient (Wildman–Crippen LogP) is 2.34. The molecule has 3 rings (SSSR count). The number of aromatic nitrogens is 3. The molecular formula is C12H14N4OS2. The molecule has 2 aromatic rings. The minimum atomic E-state index is 0.0859. The topological polar surface area (TPSA) is 62.7 Å². The molecule has 5 nitrogen and oxygen atoms in total. The lowest BCUT2D eigenvalue weighted by Crippen LogP contribution is -2.26. The van der Waals surface area contributed by atoms with Crippen LogP contribution in [0.4, 0.5) is 0 Å². The van der Waals surface area contributed by atoms with Gasteiger partial charge in [0, 0.05) is 19.0 Å². The highest BCUT2D eigenvalue weighted by molar-refractivity contribution is 7.71. The lowest BCUT2D eigenvalue weighted by atomic mass is 10.3. The molecule has 0 atom stereocenters. The summed E-state index contributed by atoms with van der Waals surface area (Å²) in [7, 11) is 0. The average molecular weight is 294 g/mol. The van der Waals surface area contributed by atoms with Crippen molar-refractivity contribution in [1.82, 2.24) is 20.1 Å². The zero-order valence-electron chi connectivity index (χ0n) is 10.3. The van der Waals surface area contributed by atoms with E-state index in [2.05, 4.69) is 15.5 Å². The van der Waals surface area contributed by atoms with Crippen LogP contribution in [0.25, 0.3) is 10.7 Å². The van der Waals surface area contributed by atoms with Gasteiger partial charge in [-0.3, -0.25) is 14.5 Å². The zero-order valence-corrected chi connectivity index (χ0v) is 11.9. The van der Waals surface area contributed by atoms with E-state index in [0.29, 0.717) is 23.8 Å². The van der Waals surface area contributed by atoms with Gasteiger partial charge in [0.25, 0.3) is 0 Å². The molecule has 1 saturated carbocycles. The van der Waals surface area contributed by atoms with Crippen LogP contribution < -0.4 is 5.32 Å². The van der Waals surface area contributed by atoms with Crippen LogP contribution in [-0.2, 0) is 11.3 Å². The van der Waals surface area contributed by atoms with Crippen molar-refractivity contribution in [2.75, 3.05) is 0 Å². The van der Waals surface area contributed by atoms with Crippen LogP contribution in [0.3, 0.4) is 0 Å². The van der Waals surface area contributed by atoms with Crippen LogP contribution in [0.1, 0.15) is 19.3 Å². The van der Waals surface area contributed by atoms with Crippen molar-refractivity contribution < 1.29 is 4.79 Å². The number of H-pyrrole nitrogens is 1. The van der Waals surface area contributed by atoms with Gasteiger partial charge in [-0.25, -0.2) is 0 Å². The highest BCUT2D eigenvalue weighted by atomic mass is 32.1. The summed E-state index contributed by atoms with van der Waals surface area (Å²) in [6.07, 6.45) is 2.65. The number of aromatic amines is 1. The van der Waals surface area contributed by atoms with E-state index in [-0.39, 0.29) is 5.91 Å². The number of hydrogen-bond acceptors (Lipinski definition) is 4. The van der Waals surface area contributed by atoms with Crippen LogP contribution >= 0.6 is 23.6 Å². The van der Waals surface area contributed by atoms with Crippen LogP contribution in [0, 0.1) is 4.77 Å². The van der Waals surface area contributed by atoms with Crippen molar-refractivity contribution in [2.45, 2.75) is 31.8 Å². The molecule has 7 heteroatoms. The minimum absolute atomic E-state index is 0.0859. The lowest BCUT2D eigenvalue weighted by molar-refractivity contribution is -0.121. The summed E-state index contributed by atoms with van der Waals surface area (Å²) < 4.78 is 2.44. The van der Waals surface area contributed by atoms with Gasteiger partial charge in [-0.15, -0.1) is 11.3 Å². The predicted molar refractivity (Wildman–Crippen MR) is 76.5 cm³/mol. The summed E-state index contributed by atoms with van der Waals surface area (Å²) in [5.74, 6) is 0.891. The van der Waals surface area contributed by atoms with Gasteiger partial charge in [-0.2, -0.15) is 5.10 Å². The van der Waals surface area contributed by atoms with E-state index < -0.39 is 0 Å². The van der Waals surface area contributed by atoms with E-state index in [1.54, 1.807) is 11.3 Å². The van der Waals surface area contributed by atoms with Crippen LogP contribution in [0.2, 0.25) is 0 Å². The second-order valence-corrected chi connectivity index (χ2v) is 5.91. The first-order valence-electron chi connectivity index (χ1n) is 6.22. The van der Waals surface area contributed by atoms with Crippen molar-refractivity contribution in [1.29, 1.82) is 0 Å². The van der Waals surface area contributed by atoms with E-state index in [1.165, 1.54) is 0 Å². The van der Waals surface area contributed by atoms with E-state index in [4.69, 9.17) is 12.2 Å². The number of amides is 1. The molecule has 1 amide bonds. The smallest absolute Gasteiger partial charge is 0.222 e. The van der Waals surface area contributed by atoms with Crippen molar-refractivity contribution in [2.24, 2.45) is 0 Å². The standard InChI is InChI=1S/C12H14N4OS2/c17-10(13-8-3-4-8)5-6-16-11(14-15-12(16)18)9-2-1-7-19-9/h1-2,7-8H,3-6H2,(H,13,17)(H,15,18). The Balaban J connectivity index is 1.71. The second kappa shape index (κ2) is 5.26. The van der Waals surface area contributed by atoms with Gasteiger partial charge in [-0.1, -0.05) is 6.07 Å². The first kappa shape index (κ1) is 12.6. The second-order valence-electron chi connectivity index (χ2n) is 4.57. The SMILES string of the molecule is O=C(CCn1c(-c2cccs2)n[nH]c1=S)NC1CC1. The van der Waals surface area contributed by atoms with Crippen molar-refractivity contribution in [3.8, 4) is 10.7 Å². The third-order valence-electron chi connectivity index (χ3n) is 3.00. The number of thiophene rings is 1. The molecule has 0 bridgehead atoms. The van der Waals surface area contributed by atoms with Crippen molar-refractivity contribution in [3.63, 3.8) is 0 Å². The third-order valence-corrected chi connectivity index (χ3v) is 4.18. The van der Waals surface area contributed by atoms with Gasteiger partial charge < -0.3 is 5.32 Å². The highest BCUT2D eigenvalue weighted by Crippen LogP contribution is 2.23. The Bertz CT molecular complexity index is 624. The van der Waals surface area contributed by atoms with Crippen LogP contribution in [0.15, 0.2) is 17.5 Å². The molecule has 1 fully saturated rings. The Labute approximate surface area is 119 Å². The summed E-state index contributed by atoms with van der Waals surface area (Å²) in [5.41, 5.74) is 0. The Kier molecular flexibility index (Phi) is 3.48. The monoisotopic (exact) mass is 294 g/mol. The fraction of sp³-hybridized carbons (Fsp3) is 0.417. The first-order chi connectivity index (χ1) is 9.24. The number of carbonyl (C=O) groups is 1. The van der Waals surface area contributed by atoms with E-state index in [9.17, 15) is 4.79 Å². The number of rotatable bonds is 5. The van der Waals surface area contributed by atoms with Gasteiger partial charge in [0.1, 0.15) is 0 Å². The number of nitrogens with one attached hydrogen (secondary N) is 2. The van der Waals surface area contributed by atoms with Crippen molar-refractivity contribution in [3.05, 3.63) is 22.3 Å². The summed E-state index contributed by atoms with van der Waals surface area (Å²) in [5, 5.41) is 12.0. The first-order valence-corrected chi connectivity index (χ1v) is 7.51. The van der Waals surface area contributed by atoms with Gasteiger partial charge in [0.2, 0.25) is 5.91 Å². The Hall–Kier alpha value is -1.47. The fourth-order valence-corrected chi connectivity index (χ4v) is 2.81. The third kappa shape index (κ3) is 2.93. The van der Waals surface area contributed by atoms with E-state index in [0.717, 1.165) is 23.5 Å². The molecule has 2 heterocycles. The Morgan fingerprint density at radius 1 is 1.63 bits per heavy atom. The molecule has 0 aliphatic heterocycles. The number of carbonyl (C=O) groups excluding carboxylic acids is 1. The molecular weight excluding hydrogens is 280 g/mol. The zero-order chi connectivity index (χ0) is 13.2. The molecule has 19 heavy (non-hydrogen) atoms. The van der Waals surface area contributed by atoms with E-state index in [1.807, 2.05) is 22.1 Å². The maximum absolute atomic E-state index is 11.7. The quantitative estimate of drug-likeness (QED) is 0.832. The maximum atomic E-state index is 11.7. The van der Waals surface area contributed by atoms with Gasteiger partial charge in [0.05, 0.1) is 4.88 Å². The summed E-state index contributed by atoms with van der Waals surface area (Å²) in [6, 6.07) is 4.37. The molecule has 1 aliphatic rings. The molecule has 0 saturated heterocycles. The van der Waals surface area contributed by atoms with Gasteiger partial charge in [-0.05, 0) is 36.5 Å². The Morgan fingerprint density at radius 2 is 2.47 bits per heavy atom. The van der Waals surface area contributed by atoms with Crippen LogP contribution in [0.5, 0.6) is 0 Å². The molecule has 1 aliphatic carbocycles. The number of nitrogens with zero attached hydrogens (tertiary/aromatic N) is 2. The molecule has 0 spiro atoms. The van der Waals surface area contributed by atoms with Crippen molar-refractivity contribution >= 4 is 29.5 Å². The summed E-state index contributed by atoms with van der Waals surface area (Å²) in [4.78, 5) is 12.8. The Morgan fingerprint density at radius 3 is 3.16 bits per heavy atom. The highest BCUT2D eigenvalue weighted by Gasteiger charge is 2.23. The molecule has 0 radical (unpaired) electrons. The molecule has 0 aromatic carbocycles. The van der Waals surface area contributed by atoms with Gasteiger partial charge >= 0.3 is 0 Å². The van der Waals surface area contributed by atoms with Gasteiger partial charge in [0.15, 0.2) is 10.6 Å². The molecule has 2 aromatic heterocycles. The summed E-state index contributed by atoms with van der Waals surface area (Å²) in [6.45, 7) is 0.557.